The van der Waals surface area contributed by atoms with Crippen molar-refractivity contribution in [3.8, 4) is 0 Å². The molecule has 1 aromatic heterocycles. The predicted octanol–water partition coefficient (Wildman–Crippen LogP) is 3.68. The third-order valence-electron chi connectivity index (χ3n) is 1.94. The van der Waals surface area contributed by atoms with E-state index in [1.54, 1.807) is 0 Å². The molecule has 0 bridgehead atoms. The van der Waals surface area contributed by atoms with Crippen LogP contribution in [0.15, 0.2) is 31.6 Å². The molecule has 2 aromatic rings. The average molecular weight is 319 g/mol. The van der Waals surface area contributed by atoms with Crippen molar-refractivity contribution in [3.05, 3.63) is 32.9 Å². The standard InChI is InChI=1S/C10H9Br2NO/c1-13-5-8-3-6-2-7(11)4-9(12)10(6)14-8/h2-4,13H,5H2,1H3. The Bertz CT molecular complexity index is 464. The highest BCUT2D eigenvalue weighted by atomic mass is 79.9. The summed E-state index contributed by atoms with van der Waals surface area (Å²) in [5, 5.41) is 4.17. The molecule has 0 atom stereocenters. The zero-order valence-corrected chi connectivity index (χ0v) is 10.8. The number of furan rings is 1. The Morgan fingerprint density at radius 1 is 1.29 bits per heavy atom. The molecule has 0 aliphatic heterocycles. The first-order chi connectivity index (χ1) is 6.70. The molecule has 74 valence electrons. The van der Waals surface area contributed by atoms with Gasteiger partial charge in [-0.25, -0.2) is 0 Å². The van der Waals surface area contributed by atoms with E-state index in [9.17, 15) is 0 Å². The van der Waals surface area contributed by atoms with Crippen LogP contribution >= 0.6 is 31.9 Å². The van der Waals surface area contributed by atoms with Gasteiger partial charge in [0.1, 0.15) is 11.3 Å². The van der Waals surface area contributed by atoms with Gasteiger partial charge in [0.25, 0.3) is 0 Å². The molecule has 0 radical (unpaired) electrons. The van der Waals surface area contributed by atoms with Gasteiger partial charge < -0.3 is 9.73 Å². The third-order valence-corrected chi connectivity index (χ3v) is 2.98. The Kier molecular flexibility index (Phi) is 2.95. The summed E-state index contributed by atoms with van der Waals surface area (Å²) >= 11 is 6.91. The summed E-state index contributed by atoms with van der Waals surface area (Å²) in [4.78, 5) is 0. The molecule has 2 rings (SSSR count). The van der Waals surface area contributed by atoms with Gasteiger partial charge in [0.15, 0.2) is 0 Å². The van der Waals surface area contributed by atoms with E-state index >= 15 is 0 Å². The molecule has 0 saturated carbocycles. The van der Waals surface area contributed by atoms with Crippen LogP contribution in [0.4, 0.5) is 0 Å². The van der Waals surface area contributed by atoms with Crippen LogP contribution in [0.3, 0.4) is 0 Å². The number of fused-ring (bicyclic) bond motifs is 1. The monoisotopic (exact) mass is 317 g/mol. The third kappa shape index (κ3) is 1.87. The number of halogens is 2. The van der Waals surface area contributed by atoms with Gasteiger partial charge in [0, 0.05) is 9.86 Å². The van der Waals surface area contributed by atoms with Crippen LogP contribution in [-0.2, 0) is 6.54 Å². The van der Waals surface area contributed by atoms with Gasteiger partial charge in [0.05, 0.1) is 11.0 Å². The lowest BCUT2D eigenvalue weighted by atomic mass is 10.2. The second kappa shape index (κ2) is 4.04. The molecular weight excluding hydrogens is 310 g/mol. The zero-order valence-electron chi connectivity index (χ0n) is 7.60. The largest absolute Gasteiger partial charge is 0.459 e. The van der Waals surface area contributed by atoms with Crippen molar-refractivity contribution >= 4 is 42.8 Å². The zero-order chi connectivity index (χ0) is 10.1. The normalized spacial score (nSPS) is 11.1. The van der Waals surface area contributed by atoms with E-state index in [0.717, 1.165) is 32.2 Å². The van der Waals surface area contributed by atoms with Crippen molar-refractivity contribution < 1.29 is 4.42 Å². The molecule has 0 fully saturated rings. The van der Waals surface area contributed by atoms with Crippen LogP contribution in [0.25, 0.3) is 11.0 Å². The molecule has 4 heteroatoms. The minimum absolute atomic E-state index is 0.749. The van der Waals surface area contributed by atoms with Crippen molar-refractivity contribution in [3.63, 3.8) is 0 Å². The topological polar surface area (TPSA) is 25.2 Å². The fourth-order valence-electron chi connectivity index (χ4n) is 1.39. The first-order valence-electron chi connectivity index (χ1n) is 4.23. The summed E-state index contributed by atoms with van der Waals surface area (Å²) in [6.45, 7) is 0.749. The van der Waals surface area contributed by atoms with E-state index in [1.165, 1.54) is 0 Å². The summed E-state index contributed by atoms with van der Waals surface area (Å²) in [5.74, 6) is 0.946. The summed E-state index contributed by atoms with van der Waals surface area (Å²) in [5.41, 5.74) is 0.901. The predicted molar refractivity (Wildman–Crippen MR) is 64.4 cm³/mol. The lowest BCUT2D eigenvalue weighted by Crippen LogP contribution is -2.03. The Balaban J connectivity index is 2.58. The number of rotatable bonds is 2. The van der Waals surface area contributed by atoms with Crippen LogP contribution < -0.4 is 5.32 Å². The number of benzene rings is 1. The number of hydrogen-bond donors (Lipinski definition) is 1. The highest BCUT2D eigenvalue weighted by molar-refractivity contribution is 9.11. The van der Waals surface area contributed by atoms with Crippen LogP contribution in [0.5, 0.6) is 0 Å². The molecule has 0 spiro atoms. The second-order valence-corrected chi connectivity index (χ2v) is 4.82. The Morgan fingerprint density at radius 2 is 2.07 bits per heavy atom. The maximum atomic E-state index is 5.66. The lowest BCUT2D eigenvalue weighted by molar-refractivity contribution is 0.529. The van der Waals surface area contributed by atoms with Gasteiger partial charge in [-0.05, 0) is 41.2 Å². The van der Waals surface area contributed by atoms with Crippen LogP contribution in [-0.4, -0.2) is 7.05 Å². The van der Waals surface area contributed by atoms with E-state index in [2.05, 4.69) is 37.2 Å². The van der Waals surface area contributed by atoms with E-state index < -0.39 is 0 Å². The van der Waals surface area contributed by atoms with Crippen molar-refractivity contribution in [2.45, 2.75) is 6.54 Å². The maximum absolute atomic E-state index is 5.66. The minimum atomic E-state index is 0.749. The Labute approximate surface area is 98.9 Å². The van der Waals surface area contributed by atoms with E-state index in [1.807, 2.05) is 25.2 Å². The van der Waals surface area contributed by atoms with Gasteiger partial charge >= 0.3 is 0 Å². The first kappa shape index (κ1) is 10.2. The van der Waals surface area contributed by atoms with Crippen LogP contribution in [0.2, 0.25) is 0 Å². The summed E-state index contributed by atoms with van der Waals surface area (Å²) < 4.78 is 7.69. The fourth-order valence-corrected chi connectivity index (χ4v) is 2.73. The van der Waals surface area contributed by atoms with Crippen LogP contribution in [0, 0.1) is 0 Å². The van der Waals surface area contributed by atoms with Gasteiger partial charge in [-0.3, -0.25) is 0 Å². The number of nitrogens with one attached hydrogen (secondary N) is 1. The van der Waals surface area contributed by atoms with Crippen molar-refractivity contribution in [2.24, 2.45) is 0 Å². The van der Waals surface area contributed by atoms with Crippen molar-refractivity contribution in [2.75, 3.05) is 7.05 Å². The average Bonchev–Trinajstić information content (AvgIpc) is 2.48. The minimum Gasteiger partial charge on any atom is -0.459 e. The first-order valence-corrected chi connectivity index (χ1v) is 5.81. The Hall–Kier alpha value is -0.320. The molecule has 14 heavy (non-hydrogen) atoms. The molecule has 0 unspecified atom stereocenters. The van der Waals surface area contributed by atoms with E-state index in [-0.39, 0.29) is 0 Å². The molecule has 0 aliphatic rings. The molecule has 1 aromatic carbocycles. The summed E-state index contributed by atoms with van der Waals surface area (Å²) in [7, 11) is 1.90. The number of hydrogen-bond acceptors (Lipinski definition) is 2. The van der Waals surface area contributed by atoms with Gasteiger partial charge in [0.2, 0.25) is 0 Å². The maximum Gasteiger partial charge on any atom is 0.148 e. The van der Waals surface area contributed by atoms with Gasteiger partial charge in [-0.15, -0.1) is 0 Å². The van der Waals surface area contributed by atoms with E-state index in [4.69, 9.17) is 4.42 Å². The quantitative estimate of drug-likeness (QED) is 0.913. The second-order valence-electron chi connectivity index (χ2n) is 3.05. The highest BCUT2D eigenvalue weighted by Gasteiger charge is 2.07. The molecule has 1 heterocycles. The molecule has 1 N–H and O–H groups in total. The summed E-state index contributed by atoms with van der Waals surface area (Å²) in [6.07, 6.45) is 0. The molecule has 2 nitrogen and oxygen atoms in total. The Morgan fingerprint density at radius 3 is 2.79 bits per heavy atom. The van der Waals surface area contributed by atoms with E-state index in [0.29, 0.717) is 0 Å². The van der Waals surface area contributed by atoms with Crippen molar-refractivity contribution in [1.82, 2.24) is 5.32 Å². The van der Waals surface area contributed by atoms with Crippen LogP contribution in [0.1, 0.15) is 5.76 Å². The lowest BCUT2D eigenvalue weighted by Gasteiger charge is -1.94. The SMILES string of the molecule is CNCc1cc2cc(Br)cc(Br)c2o1. The highest BCUT2D eigenvalue weighted by Crippen LogP contribution is 2.30. The summed E-state index contributed by atoms with van der Waals surface area (Å²) in [6, 6.07) is 6.07. The van der Waals surface area contributed by atoms with Gasteiger partial charge in [-0.1, -0.05) is 15.9 Å². The molecule has 0 saturated heterocycles. The fraction of sp³-hybridized carbons (Fsp3) is 0.200. The van der Waals surface area contributed by atoms with Gasteiger partial charge in [-0.2, -0.15) is 0 Å². The smallest absolute Gasteiger partial charge is 0.148 e. The van der Waals surface area contributed by atoms with Crippen molar-refractivity contribution in [1.29, 1.82) is 0 Å². The molecular formula is C10H9Br2NO. The molecule has 0 amide bonds. The molecule has 0 aliphatic carbocycles.